The van der Waals surface area contributed by atoms with Crippen LogP contribution in [0.4, 0.5) is 4.39 Å². The number of halogens is 1. The Morgan fingerprint density at radius 3 is 2.93 bits per heavy atom. The molecule has 4 rings (SSSR count). The van der Waals surface area contributed by atoms with Gasteiger partial charge in [-0.3, -0.25) is 4.79 Å². The van der Waals surface area contributed by atoms with Crippen LogP contribution in [0.5, 0.6) is 0 Å². The molecule has 3 N–H and O–H groups in total. The first-order valence-corrected chi connectivity index (χ1v) is 10.4. The lowest BCUT2D eigenvalue weighted by molar-refractivity contribution is -0.121. The number of aromatic nitrogens is 3. The van der Waals surface area contributed by atoms with Crippen LogP contribution in [0.1, 0.15) is 36.9 Å². The maximum atomic E-state index is 13.5. The topological polar surface area (TPSA) is 85.8 Å². The molecule has 0 spiro atoms. The molecule has 0 saturated heterocycles. The molecule has 1 aliphatic carbocycles. The van der Waals surface area contributed by atoms with Gasteiger partial charge in [0.1, 0.15) is 5.82 Å². The van der Waals surface area contributed by atoms with Crippen LogP contribution in [0, 0.1) is 5.82 Å². The van der Waals surface area contributed by atoms with Crippen molar-refractivity contribution >= 4 is 17.7 Å². The first-order valence-electron chi connectivity index (χ1n) is 9.54. The van der Waals surface area contributed by atoms with E-state index in [1.807, 2.05) is 19.1 Å². The molecule has 6 nitrogen and oxygen atoms in total. The zero-order valence-electron chi connectivity index (χ0n) is 16.0. The van der Waals surface area contributed by atoms with Gasteiger partial charge in [0.05, 0.1) is 11.3 Å². The summed E-state index contributed by atoms with van der Waals surface area (Å²) < 4.78 is 14.8. The van der Waals surface area contributed by atoms with Gasteiger partial charge in [-0.15, -0.1) is 10.2 Å². The van der Waals surface area contributed by atoms with Gasteiger partial charge in [0.2, 0.25) is 11.1 Å². The Balaban J connectivity index is 1.45. The quantitative estimate of drug-likeness (QED) is 0.496. The Morgan fingerprint density at radius 1 is 1.28 bits per heavy atom. The summed E-state index contributed by atoms with van der Waals surface area (Å²) in [6.07, 6.45) is 3.03. The van der Waals surface area contributed by atoms with E-state index in [4.69, 9.17) is 5.84 Å². The van der Waals surface area contributed by atoms with E-state index in [0.717, 1.165) is 19.3 Å². The number of nitrogens with one attached hydrogen (secondary N) is 1. The van der Waals surface area contributed by atoms with Crippen LogP contribution in [-0.2, 0) is 11.2 Å². The van der Waals surface area contributed by atoms with Gasteiger partial charge in [-0.05, 0) is 49.4 Å². The zero-order chi connectivity index (χ0) is 20.4. The number of nitrogens with two attached hydrogens (primary N) is 1. The van der Waals surface area contributed by atoms with Crippen molar-refractivity contribution in [3.8, 4) is 11.4 Å². The predicted molar refractivity (Wildman–Crippen MR) is 111 cm³/mol. The fourth-order valence-corrected chi connectivity index (χ4v) is 4.37. The number of rotatable bonds is 5. The standard InChI is InChI=1S/C21H22FN5OS/c1-13(20(28)24-18-11-5-7-14-6-2-3-10-17(14)18)29-21-26-25-19(27(21)23)15-8-4-9-16(22)12-15/h2-4,6,8-10,12-13,18H,5,7,11,23H2,1H3,(H,24,28)/t13-,18-/m0/s1. The Labute approximate surface area is 172 Å². The predicted octanol–water partition coefficient (Wildman–Crippen LogP) is 3.47. The van der Waals surface area contributed by atoms with Crippen molar-refractivity contribution in [2.45, 2.75) is 42.6 Å². The average molecular weight is 412 g/mol. The molecule has 0 aliphatic heterocycles. The SMILES string of the molecule is C[C@H](Sc1nnc(-c2cccc(F)c2)n1N)C(=O)N[C@H]1CCCc2ccccc21. The van der Waals surface area contributed by atoms with Crippen molar-refractivity contribution in [3.05, 3.63) is 65.5 Å². The molecule has 0 bridgehead atoms. The zero-order valence-corrected chi connectivity index (χ0v) is 16.8. The number of carbonyl (C=O) groups is 1. The lowest BCUT2D eigenvalue weighted by atomic mass is 9.88. The molecule has 1 amide bonds. The highest BCUT2D eigenvalue weighted by Gasteiger charge is 2.25. The van der Waals surface area contributed by atoms with Gasteiger partial charge < -0.3 is 11.2 Å². The van der Waals surface area contributed by atoms with Crippen LogP contribution in [0.25, 0.3) is 11.4 Å². The molecule has 150 valence electrons. The molecule has 0 radical (unpaired) electrons. The number of nitrogens with zero attached hydrogens (tertiary/aromatic N) is 3. The second kappa shape index (κ2) is 8.24. The maximum Gasteiger partial charge on any atom is 0.233 e. The van der Waals surface area contributed by atoms with Gasteiger partial charge in [-0.1, -0.05) is 48.2 Å². The van der Waals surface area contributed by atoms with Crippen molar-refractivity contribution in [2.75, 3.05) is 5.84 Å². The van der Waals surface area contributed by atoms with Crippen molar-refractivity contribution < 1.29 is 9.18 Å². The van der Waals surface area contributed by atoms with Gasteiger partial charge in [-0.25, -0.2) is 9.07 Å². The highest BCUT2D eigenvalue weighted by atomic mass is 32.2. The number of fused-ring (bicyclic) bond motifs is 1. The van der Waals surface area contributed by atoms with E-state index >= 15 is 0 Å². The summed E-state index contributed by atoms with van der Waals surface area (Å²) in [6.45, 7) is 1.81. The molecule has 1 heterocycles. The van der Waals surface area contributed by atoms with Crippen LogP contribution in [-0.4, -0.2) is 26.0 Å². The molecule has 0 saturated carbocycles. The first-order chi connectivity index (χ1) is 14.0. The number of nitrogen functional groups attached to an aromatic ring is 1. The van der Waals surface area contributed by atoms with Gasteiger partial charge in [-0.2, -0.15) is 0 Å². The molecule has 0 unspecified atom stereocenters. The van der Waals surface area contributed by atoms with E-state index in [0.29, 0.717) is 16.5 Å². The Morgan fingerprint density at radius 2 is 2.10 bits per heavy atom. The third-order valence-electron chi connectivity index (χ3n) is 5.08. The number of thioether (sulfide) groups is 1. The number of hydrogen-bond acceptors (Lipinski definition) is 5. The summed E-state index contributed by atoms with van der Waals surface area (Å²) in [4.78, 5) is 12.8. The van der Waals surface area contributed by atoms with Crippen molar-refractivity contribution in [2.24, 2.45) is 0 Å². The molecule has 2 aromatic carbocycles. The fraction of sp³-hybridized carbons (Fsp3) is 0.286. The molecule has 0 fully saturated rings. The van der Waals surface area contributed by atoms with Gasteiger partial charge in [0.25, 0.3) is 0 Å². The van der Waals surface area contributed by atoms with E-state index in [-0.39, 0.29) is 17.8 Å². The lowest BCUT2D eigenvalue weighted by Crippen LogP contribution is -2.36. The lowest BCUT2D eigenvalue weighted by Gasteiger charge is -2.27. The van der Waals surface area contributed by atoms with Crippen molar-refractivity contribution in [3.63, 3.8) is 0 Å². The largest absolute Gasteiger partial charge is 0.348 e. The van der Waals surface area contributed by atoms with Crippen LogP contribution in [0.3, 0.4) is 0 Å². The molecule has 1 aliphatic rings. The first kappa shape index (κ1) is 19.4. The summed E-state index contributed by atoms with van der Waals surface area (Å²) in [5.41, 5.74) is 3.02. The monoisotopic (exact) mass is 411 g/mol. The third kappa shape index (κ3) is 4.12. The minimum Gasteiger partial charge on any atom is -0.348 e. The minimum absolute atomic E-state index is 0.0223. The van der Waals surface area contributed by atoms with Gasteiger partial charge in [0, 0.05) is 5.56 Å². The van der Waals surface area contributed by atoms with Gasteiger partial charge in [0.15, 0.2) is 5.82 Å². The van der Waals surface area contributed by atoms with Crippen LogP contribution < -0.4 is 11.2 Å². The highest BCUT2D eigenvalue weighted by Crippen LogP contribution is 2.31. The summed E-state index contributed by atoms with van der Waals surface area (Å²) in [5.74, 6) is 5.99. The maximum absolute atomic E-state index is 13.5. The average Bonchev–Trinajstić information content (AvgIpc) is 3.08. The van der Waals surface area contributed by atoms with Crippen molar-refractivity contribution in [1.82, 2.24) is 20.2 Å². The summed E-state index contributed by atoms with van der Waals surface area (Å²) in [6, 6.07) is 14.3. The molecule has 2 atom stereocenters. The normalized spacial score (nSPS) is 16.8. The molecule has 1 aromatic heterocycles. The molecular formula is C21H22FN5OS. The highest BCUT2D eigenvalue weighted by molar-refractivity contribution is 8.00. The van der Waals surface area contributed by atoms with Crippen LogP contribution in [0.15, 0.2) is 53.7 Å². The molecular weight excluding hydrogens is 389 g/mol. The number of benzene rings is 2. The fourth-order valence-electron chi connectivity index (χ4n) is 3.59. The van der Waals surface area contributed by atoms with Crippen LogP contribution >= 0.6 is 11.8 Å². The van der Waals surface area contributed by atoms with Crippen molar-refractivity contribution in [1.29, 1.82) is 0 Å². The number of carbonyl (C=O) groups excluding carboxylic acids is 1. The van der Waals surface area contributed by atoms with Gasteiger partial charge >= 0.3 is 0 Å². The Hall–Kier alpha value is -2.87. The van der Waals surface area contributed by atoms with E-state index in [2.05, 4.69) is 27.6 Å². The number of amides is 1. The van der Waals surface area contributed by atoms with E-state index < -0.39 is 5.25 Å². The van der Waals surface area contributed by atoms with E-state index in [1.54, 1.807) is 12.1 Å². The second-order valence-electron chi connectivity index (χ2n) is 7.10. The molecule has 3 aromatic rings. The van der Waals surface area contributed by atoms with E-state index in [1.165, 1.54) is 39.7 Å². The third-order valence-corrected chi connectivity index (χ3v) is 6.14. The Bertz CT molecular complexity index is 1040. The number of aryl methyl sites for hydroxylation is 1. The summed E-state index contributed by atoms with van der Waals surface area (Å²) in [7, 11) is 0. The number of hydrogen-bond donors (Lipinski definition) is 2. The Kier molecular flexibility index (Phi) is 5.53. The molecule has 8 heteroatoms. The summed E-state index contributed by atoms with van der Waals surface area (Å²) in [5, 5.41) is 11.3. The minimum atomic E-state index is -0.407. The smallest absolute Gasteiger partial charge is 0.233 e. The molecule has 29 heavy (non-hydrogen) atoms. The summed E-state index contributed by atoms with van der Waals surface area (Å²) >= 11 is 1.23. The second-order valence-corrected chi connectivity index (χ2v) is 8.41. The van der Waals surface area contributed by atoms with E-state index in [9.17, 15) is 9.18 Å². The van der Waals surface area contributed by atoms with Crippen LogP contribution in [0.2, 0.25) is 0 Å².